The second-order valence-electron chi connectivity index (χ2n) is 5.90. The van der Waals surface area contributed by atoms with Crippen LogP contribution in [0, 0.1) is 0 Å². The van der Waals surface area contributed by atoms with Crippen LogP contribution < -0.4 is 10.1 Å². The Morgan fingerprint density at radius 3 is 2.83 bits per heavy atom. The van der Waals surface area contributed by atoms with Gasteiger partial charge < -0.3 is 14.6 Å². The molecule has 1 saturated carbocycles. The lowest BCUT2D eigenvalue weighted by atomic mass is 10.2. The van der Waals surface area contributed by atoms with Gasteiger partial charge >= 0.3 is 0 Å². The highest BCUT2D eigenvalue weighted by molar-refractivity contribution is 6.41. The van der Waals surface area contributed by atoms with E-state index >= 15 is 0 Å². The number of rotatable bonds is 5. The number of amides is 1. The molecule has 128 valence electrons. The third kappa shape index (κ3) is 3.68. The SMILES string of the molecule is Cn1c(C(=O)NCc2cccnc2OC2CCCC2)cc(Cl)c1Cl. The maximum atomic E-state index is 12.3. The lowest BCUT2D eigenvalue weighted by Crippen LogP contribution is -2.25. The van der Waals surface area contributed by atoms with Crippen molar-refractivity contribution in [3.8, 4) is 5.88 Å². The number of ether oxygens (including phenoxy) is 1. The smallest absolute Gasteiger partial charge is 0.268 e. The molecule has 5 nitrogen and oxygen atoms in total. The van der Waals surface area contributed by atoms with Gasteiger partial charge in [-0.15, -0.1) is 0 Å². The zero-order chi connectivity index (χ0) is 17.1. The van der Waals surface area contributed by atoms with Crippen LogP contribution in [-0.2, 0) is 13.6 Å². The molecule has 2 aromatic heterocycles. The summed E-state index contributed by atoms with van der Waals surface area (Å²) < 4.78 is 7.54. The van der Waals surface area contributed by atoms with Crippen LogP contribution in [0.15, 0.2) is 24.4 Å². The van der Waals surface area contributed by atoms with E-state index in [-0.39, 0.29) is 12.0 Å². The Morgan fingerprint density at radius 1 is 1.42 bits per heavy atom. The Morgan fingerprint density at radius 2 is 2.17 bits per heavy atom. The van der Waals surface area contributed by atoms with Gasteiger partial charge in [-0.25, -0.2) is 4.98 Å². The molecule has 1 aliphatic rings. The van der Waals surface area contributed by atoms with Crippen molar-refractivity contribution in [2.45, 2.75) is 38.3 Å². The Balaban J connectivity index is 1.67. The second kappa shape index (κ2) is 7.45. The predicted octanol–water partition coefficient (Wildman–Crippen LogP) is 3.98. The van der Waals surface area contributed by atoms with Crippen molar-refractivity contribution >= 4 is 29.1 Å². The van der Waals surface area contributed by atoms with Crippen molar-refractivity contribution in [2.24, 2.45) is 7.05 Å². The number of nitrogens with one attached hydrogen (secondary N) is 1. The van der Waals surface area contributed by atoms with E-state index in [9.17, 15) is 4.79 Å². The molecule has 3 rings (SSSR count). The molecule has 0 radical (unpaired) electrons. The van der Waals surface area contributed by atoms with Gasteiger partial charge in [-0.3, -0.25) is 4.79 Å². The van der Waals surface area contributed by atoms with Crippen LogP contribution in [0.3, 0.4) is 0 Å². The highest BCUT2D eigenvalue weighted by Crippen LogP contribution is 2.26. The summed E-state index contributed by atoms with van der Waals surface area (Å²) in [5.74, 6) is 0.342. The van der Waals surface area contributed by atoms with Gasteiger partial charge in [0.05, 0.1) is 5.02 Å². The lowest BCUT2D eigenvalue weighted by Gasteiger charge is -2.15. The van der Waals surface area contributed by atoms with E-state index in [1.165, 1.54) is 12.8 Å². The first-order valence-corrected chi connectivity index (χ1v) is 8.71. The predicted molar refractivity (Wildman–Crippen MR) is 93.7 cm³/mol. The Hall–Kier alpha value is -1.72. The second-order valence-corrected chi connectivity index (χ2v) is 6.67. The number of nitrogens with zero attached hydrogens (tertiary/aromatic N) is 2. The van der Waals surface area contributed by atoms with Crippen LogP contribution in [0.1, 0.15) is 41.7 Å². The summed E-state index contributed by atoms with van der Waals surface area (Å²) in [6.45, 7) is 0.329. The third-order valence-corrected chi connectivity index (χ3v) is 5.06. The van der Waals surface area contributed by atoms with E-state index < -0.39 is 0 Å². The fourth-order valence-corrected chi connectivity index (χ4v) is 3.23. The first-order valence-electron chi connectivity index (χ1n) is 7.95. The van der Waals surface area contributed by atoms with Gasteiger partial charge in [-0.05, 0) is 37.8 Å². The zero-order valence-electron chi connectivity index (χ0n) is 13.4. The van der Waals surface area contributed by atoms with Crippen molar-refractivity contribution in [3.63, 3.8) is 0 Å². The molecule has 1 amide bonds. The number of hydrogen-bond acceptors (Lipinski definition) is 3. The van der Waals surface area contributed by atoms with Crippen LogP contribution in [0.2, 0.25) is 10.2 Å². The monoisotopic (exact) mass is 367 g/mol. The van der Waals surface area contributed by atoms with Crippen LogP contribution >= 0.6 is 23.2 Å². The lowest BCUT2D eigenvalue weighted by molar-refractivity contribution is 0.0942. The van der Waals surface area contributed by atoms with E-state index in [0.717, 1.165) is 18.4 Å². The maximum Gasteiger partial charge on any atom is 0.268 e. The van der Waals surface area contributed by atoms with Crippen molar-refractivity contribution < 1.29 is 9.53 Å². The highest BCUT2D eigenvalue weighted by atomic mass is 35.5. The van der Waals surface area contributed by atoms with E-state index in [4.69, 9.17) is 27.9 Å². The summed E-state index contributed by atoms with van der Waals surface area (Å²) in [6, 6.07) is 5.29. The van der Waals surface area contributed by atoms with Gasteiger partial charge in [0.1, 0.15) is 17.0 Å². The van der Waals surface area contributed by atoms with E-state index in [2.05, 4.69) is 10.3 Å². The normalized spacial score (nSPS) is 14.8. The molecule has 0 aliphatic heterocycles. The number of halogens is 2. The van der Waals surface area contributed by atoms with Gasteiger partial charge in [0, 0.05) is 25.4 Å². The van der Waals surface area contributed by atoms with Crippen molar-refractivity contribution in [2.75, 3.05) is 0 Å². The Kier molecular flexibility index (Phi) is 5.31. The van der Waals surface area contributed by atoms with Crippen molar-refractivity contribution in [1.82, 2.24) is 14.9 Å². The van der Waals surface area contributed by atoms with Gasteiger partial charge in [0.2, 0.25) is 5.88 Å². The molecular formula is C17H19Cl2N3O2. The van der Waals surface area contributed by atoms with Crippen LogP contribution in [0.4, 0.5) is 0 Å². The summed E-state index contributed by atoms with van der Waals surface area (Å²) in [6.07, 6.45) is 6.43. The number of carbonyl (C=O) groups excluding carboxylic acids is 1. The minimum Gasteiger partial charge on any atom is -0.474 e. The van der Waals surface area contributed by atoms with E-state index in [1.807, 2.05) is 12.1 Å². The minimum atomic E-state index is -0.248. The summed E-state index contributed by atoms with van der Waals surface area (Å²) in [5, 5.41) is 3.56. The molecule has 0 unspecified atom stereocenters. The average molecular weight is 368 g/mol. The van der Waals surface area contributed by atoms with Crippen molar-refractivity contribution in [1.29, 1.82) is 0 Å². The summed E-state index contributed by atoms with van der Waals surface area (Å²) in [5.41, 5.74) is 1.26. The first kappa shape index (κ1) is 17.1. The van der Waals surface area contributed by atoms with Gasteiger partial charge in [0.25, 0.3) is 5.91 Å². The quantitative estimate of drug-likeness (QED) is 0.869. The molecule has 2 aromatic rings. The molecule has 0 atom stereocenters. The summed E-state index contributed by atoms with van der Waals surface area (Å²) >= 11 is 12.0. The van der Waals surface area contributed by atoms with Crippen LogP contribution in [0.25, 0.3) is 0 Å². The Bertz CT molecular complexity index is 739. The highest BCUT2D eigenvalue weighted by Gasteiger charge is 2.19. The summed E-state index contributed by atoms with van der Waals surface area (Å²) in [7, 11) is 1.70. The van der Waals surface area contributed by atoms with Gasteiger partial charge in [0.15, 0.2) is 0 Å². The summed E-state index contributed by atoms with van der Waals surface area (Å²) in [4.78, 5) is 16.7. The first-order chi connectivity index (χ1) is 11.6. The average Bonchev–Trinajstić information content (AvgIpc) is 3.18. The molecule has 2 heterocycles. The molecule has 0 saturated heterocycles. The molecule has 0 bridgehead atoms. The molecule has 0 spiro atoms. The fourth-order valence-electron chi connectivity index (χ4n) is 2.86. The van der Waals surface area contributed by atoms with E-state index in [1.54, 1.807) is 23.9 Å². The molecule has 7 heteroatoms. The molecule has 0 aromatic carbocycles. The molecule has 1 aliphatic carbocycles. The molecule has 24 heavy (non-hydrogen) atoms. The van der Waals surface area contributed by atoms with Gasteiger partial charge in [-0.1, -0.05) is 29.3 Å². The molecular weight excluding hydrogens is 349 g/mol. The minimum absolute atomic E-state index is 0.222. The Labute approximate surface area is 150 Å². The van der Waals surface area contributed by atoms with Crippen LogP contribution in [0.5, 0.6) is 5.88 Å². The fraction of sp³-hybridized carbons (Fsp3) is 0.412. The van der Waals surface area contributed by atoms with Crippen molar-refractivity contribution in [3.05, 3.63) is 45.8 Å². The number of hydrogen-bond donors (Lipinski definition) is 1. The molecule has 1 N–H and O–H groups in total. The third-order valence-electron chi connectivity index (χ3n) is 4.22. The number of pyridine rings is 1. The maximum absolute atomic E-state index is 12.3. The topological polar surface area (TPSA) is 56.2 Å². The zero-order valence-corrected chi connectivity index (χ0v) is 14.9. The van der Waals surface area contributed by atoms with Crippen LogP contribution in [-0.4, -0.2) is 21.6 Å². The number of aromatic nitrogens is 2. The molecule has 1 fully saturated rings. The standard InChI is InChI=1S/C17H19Cl2N3O2/c1-22-14(9-13(18)15(22)19)16(23)21-10-11-5-4-8-20-17(11)24-12-6-2-3-7-12/h4-5,8-9,12H,2-3,6-7,10H2,1H3,(H,21,23). The van der Waals surface area contributed by atoms with Gasteiger partial charge in [-0.2, -0.15) is 0 Å². The van der Waals surface area contributed by atoms with E-state index in [0.29, 0.717) is 28.3 Å². The number of carbonyl (C=O) groups is 1. The largest absolute Gasteiger partial charge is 0.474 e.